The average molecular weight is 258 g/mol. The molecule has 1 aromatic rings. The first kappa shape index (κ1) is 14.0. The molecule has 1 N–H and O–H groups in total. The zero-order valence-corrected chi connectivity index (χ0v) is 11.6. The third kappa shape index (κ3) is 3.46. The standard InChI is InChI=1S/C12H20ClN3O/c1-5-12(3,6-7-13)14-11(17)10-8-16(4)15-9(10)2/h8H,5-7H2,1-4H3,(H,14,17). The van der Waals surface area contributed by atoms with Gasteiger partial charge in [0.2, 0.25) is 0 Å². The van der Waals surface area contributed by atoms with Crippen LogP contribution in [0.25, 0.3) is 0 Å². The third-order valence-electron chi connectivity index (χ3n) is 3.10. The predicted octanol–water partition coefficient (Wildman–Crippen LogP) is 2.26. The molecule has 0 radical (unpaired) electrons. The van der Waals surface area contributed by atoms with Crippen LogP contribution in [0.3, 0.4) is 0 Å². The Bertz CT molecular complexity index is 402. The fraction of sp³-hybridized carbons (Fsp3) is 0.667. The number of nitrogens with one attached hydrogen (secondary N) is 1. The van der Waals surface area contributed by atoms with Crippen LogP contribution in [0, 0.1) is 6.92 Å². The van der Waals surface area contributed by atoms with Gasteiger partial charge in [-0.2, -0.15) is 5.10 Å². The van der Waals surface area contributed by atoms with Gasteiger partial charge < -0.3 is 5.32 Å². The van der Waals surface area contributed by atoms with E-state index in [-0.39, 0.29) is 11.4 Å². The maximum Gasteiger partial charge on any atom is 0.255 e. The van der Waals surface area contributed by atoms with E-state index in [2.05, 4.69) is 10.4 Å². The Hall–Kier alpha value is -1.03. The van der Waals surface area contributed by atoms with Gasteiger partial charge in [0, 0.05) is 24.7 Å². The Morgan fingerprint density at radius 3 is 2.71 bits per heavy atom. The fourth-order valence-corrected chi connectivity index (χ4v) is 2.12. The minimum absolute atomic E-state index is 0.0786. The molecule has 17 heavy (non-hydrogen) atoms. The van der Waals surface area contributed by atoms with E-state index < -0.39 is 0 Å². The van der Waals surface area contributed by atoms with Gasteiger partial charge in [-0.3, -0.25) is 9.48 Å². The van der Waals surface area contributed by atoms with Crippen molar-refractivity contribution in [2.75, 3.05) is 5.88 Å². The smallest absolute Gasteiger partial charge is 0.255 e. The summed E-state index contributed by atoms with van der Waals surface area (Å²) in [5, 5.41) is 7.20. The molecule has 0 spiro atoms. The minimum atomic E-state index is -0.249. The summed E-state index contributed by atoms with van der Waals surface area (Å²) in [4.78, 5) is 12.1. The number of aromatic nitrogens is 2. The van der Waals surface area contributed by atoms with Gasteiger partial charge in [0.05, 0.1) is 11.3 Å². The summed E-state index contributed by atoms with van der Waals surface area (Å²) in [5.41, 5.74) is 1.12. The highest BCUT2D eigenvalue weighted by Gasteiger charge is 2.25. The maximum atomic E-state index is 12.1. The number of rotatable bonds is 5. The van der Waals surface area contributed by atoms with Crippen LogP contribution in [0.2, 0.25) is 0 Å². The molecular formula is C12H20ClN3O. The highest BCUT2D eigenvalue weighted by molar-refractivity contribution is 6.17. The molecule has 4 nitrogen and oxygen atoms in total. The summed E-state index contributed by atoms with van der Waals surface area (Å²) >= 11 is 5.76. The summed E-state index contributed by atoms with van der Waals surface area (Å²) in [5.74, 6) is 0.460. The lowest BCUT2D eigenvalue weighted by molar-refractivity contribution is 0.0901. The second kappa shape index (κ2) is 5.54. The largest absolute Gasteiger partial charge is 0.347 e. The normalized spacial score (nSPS) is 14.4. The van der Waals surface area contributed by atoms with Crippen molar-refractivity contribution in [1.82, 2.24) is 15.1 Å². The van der Waals surface area contributed by atoms with Gasteiger partial charge in [0.25, 0.3) is 5.91 Å². The molecular weight excluding hydrogens is 238 g/mol. The van der Waals surface area contributed by atoms with Crippen molar-refractivity contribution in [3.63, 3.8) is 0 Å². The molecule has 0 aromatic carbocycles. The molecule has 0 bridgehead atoms. The van der Waals surface area contributed by atoms with E-state index in [0.717, 1.165) is 18.5 Å². The summed E-state index contributed by atoms with van der Waals surface area (Å²) < 4.78 is 1.65. The van der Waals surface area contributed by atoms with Crippen LogP contribution in [0.15, 0.2) is 6.20 Å². The lowest BCUT2D eigenvalue weighted by Gasteiger charge is -2.28. The number of alkyl halides is 1. The maximum absolute atomic E-state index is 12.1. The van der Waals surface area contributed by atoms with Gasteiger partial charge in [-0.15, -0.1) is 11.6 Å². The predicted molar refractivity (Wildman–Crippen MR) is 69.4 cm³/mol. The molecule has 1 amide bonds. The molecule has 0 saturated carbocycles. The van der Waals surface area contributed by atoms with Crippen molar-refractivity contribution in [2.24, 2.45) is 7.05 Å². The second-order valence-corrected chi connectivity index (χ2v) is 4.99. The highest BCUT2D eigenvalue weighted by Crippen LogP contribution is 2.17. The quantitative estimate of drug-likeness (QED) is 0.823. The number of nitrogens with zero attached hydrogens (tertiary/aromatic N) is 2. The molecule has 0 aliphatic rings. The van der Waals surface area contributed by atoms with E-state index in [9.17, 15) is 4.79 Å². The van der Waals surface area contributed by atoms with E-state index in [1.807, 2.05) is 27.8 Å². The Kier molecular flexibility index (Phi) is 4.57. The summed E-state index contributed by atoms with van der Waals surface area (Å²) in [7, 11) is 1.81. The molecule has 96 valence electrons. The molecule has 1 atom stereocenters. The average Bonchev–Trinajstić information content (AvgIpc) is 2.58. The molecule has 5 heteroatoms. The van der Waals surface area contributed by atoms with Crippen LogP contribution in [0.1, 0.15) is 42.7 Å². The van der Waals surface area contributed by atoms with Crippen molar-refractivity contribution in [3.8, 4) is 0 Å². The molecule has 0 aliphatic heterocycles. The zero-order chi connectivity index (χ0) is 13.1. The van der Waals surface area contributed by atoms with Crippen LogP contribution in [0.4, 0.5) is 0 Å². The first-order valence-corrected chi connectivity index (χ1v) is 6.34. The van der Waals surface area contributed by atoms with Crippen molar-refractivity contribution >= 4 is 17.5 Å². The van der Waals surface area contributed by atoms with E-state index in [0.29, 0.717) is 11.4 Å². The van der Waals surface area contributed by atoms with E-state index in [1.165, 1.54) is 0 Å². The lowest BCUT2D eigenvalue weighted by Crippen LogP contribution is -2.45. The highest BCUT2D eigenvalue weighted by atomic mass is 35.5. The number of carbonyl (C=O) groups excluding carboxylic acids is 1. The van der Waals surface area contributed by atoms with Crippen LogP contribution >= 0.6 is 11.6 Å². The van der Waals surface area contributed by atoms with Crippen LogP contribution in [0.5, 0.6) is 0 Å². The summed E-state index contributed by atoms with van der Waals surface area (Å²) in [6, 6.07) is 0. The van der Waals surface area contributed by atoms with Crippen molar-refractivity contribution in [2.45, 2.75) is 39.2 Å². The van der Waals surface area contributed by atoms with Gasteiger partial charge in [-0.25, -0.2) is 0 Å². The van der Waals surface area contributed by atoms with Gasteiger partial charge >= 0.3 is 0 Å². The zero-order valence-electron chi connectivity index (χ0n) is 10.9. The number of halogens is 1. The number of carbonyl (C=O) groups is 1. The Labute approximate surface area is 107 Å². The van der Waals surface area contributed by atoms with Gasteiger partial charge in [0.1, 0.15) is 0 Å². The molecule has 1 aromatic heterocycles. The minimum Gasteiger partial charge on any atom is -0.347 e. The van der Waals surface area contributed by atoms with Crippen LogP contribution in [-0.2, 0) is 7.05 Å². The Balaban J connectivity index is 2.81. The molecule has 1 heterocycles. The van der Waals surface area contributed by atoms with Crippen molar-refractivity contribution in [3.05, 3.63) is 17.5 Å². The SMILES string of the molecule is CCC(C)(CCCl)NC(=O)c1cn(C)nc1C. The molecule has 1 rings (SSSR count). The second-order valence-electron chi connectivity index (χ2n) is 4.61. The monoisotopic (exact) mass is 257 g/mol. The van der Waals surface area contributed by atoms with E-state index >= 15 is 0 Å². The molecule has 1 unspecified atom stereocenters. The lowest BCUT2D eigenvalue weighted by atomic mass is 9.95. The topological polar surface area (TPSA) is 46.9 Å². The molecule has 0 saturated heterocycles. The molecule has 0 aliphatic carbocycles. The first-order chi connectivity index (χ1) is 7.91. The van der Waals surface area contributed by atoms with E-state index in [4.69, 9.17) is 11.6 Å². The fourth-order valence-electron chi connectivity index (χ4n) is 1.70. The van der Waals surface area contributed by atoms with Gasteiger partial charge in [-0.1, -0.05) is 6.92 Å². The summed E-state index contributed by atoms with van der Waals surface area (Å²) in [6.07, 6.45) is 3.35. The summed E-state index contributed by atoms with van der Waals surface area (Å²) in [6.45, 7) is 5.89. The van der Waals surface area contributed by atoms with Crippen LogP contribution < -0.4 is 5.32 Å². The number of hydrogen-bond donors (Lipinski definition) is 1. The molecule has 0 fully saturated rings. The third-order valence-corrected chi connectivity index (χ3v) is 3.29. The van der Waals surface area contributed by atoms with Gasteiger partial charge in [0.15, 0.2) is 0 Å². The Morgan fingerprint density at radius 2 is 2.29 bits per heavy atom. The first-order valence-electron chi connectivity index (χ1n) is 5.80. The van der Waals surface area contributed by atoms with Crippen molar-refractivity contribution < 1.29 is 4.79 Å². The number of amides is 1. The number of aryl methyl sites for hydroxylation is 2. The number of hydrogen-bond acceptors (Lipinski definition) is 2. The van der Waals surface area contributed by atoms with Crippen molar-refractivity contribution in [1.29, 1.82) is 0 Å². The van der Waals surface area contributed by atoms with Gasteiger partial charge in [-0.05, 0) is 26.7 Å². The Morgan fingerprint density at radius 1 is 1.65 bits per heavy atom. The van der Waals surface area contributed by atoms with E-state index in [1.54, 1.807) is 10.9 Å². The van der Waals surface area contributed by atoms with Crippen LogP contribution in [-0.4, -0.2) is 27.1 Å².